The van der Waals surface area contributed by atoms with E-state index in [-0.39, 0.29) is 0 Å². The van der Waals surface area contributed by atoms with Crippen molar-refractivity contribution in [2.75, 3.05) is 9.96 Å². The van der Waals surface area contributed by atoms with Crippen molar-refractivity contribution in [1.82, 2.24) is 0 Å². The molecule has 0 bridgehead atoms. The highest BCUT2D eigenvalue weighted by atomic mass is 28.3. The van der Waals surface area contributed by atoms with Crippen LogP contribution >= 0.6 is 0 Å². The number of anilines is 2. The number of rotatable bonds is 4. The Morgan fingerprint density at radius 1 is 0.407 bits per heavy atom. The Morgan fingerprint density at radius 3 is 0.815 bits per heavy atom. The van der Waals surface area contributed by atoms with Crippen LogP contribution in [0.1, 0.15) is 0 Å². The quantitative estimate of drug-likeness (QED) is 0.302. The first-order chi connectivity index (χ1) is 12.3. The van der Waals surface area contributed by atoms with Gasteiger partial charge in [-0.1, -0.05) is 0 Å². The molecular weight excluding hydrogens is 414 g/mol. The maximum absolute atomic E-state index is 13.7. The molecule has 27 heavy (non-hydrogen) atoms. The highest BCUT2D eigenvalue weighted by Gasteiger charge is 2.34. The van der Waals surface area contributed by atoms with Crippen LogP contribution in [0.15, 0.2) is 0 Å². The van der Waals surface area contributed by atoms with Crippen LogP contribution in [0.5, 0.6) is 0 Å². The molecule has 0 atom stereocenters. The standard InChI is InChI=1S/C14H8F10N2Si/c1-27(2,25-13-9(21)5(17)3(15)6(18)10(13)22)26-14-11(23)7(19)4(16)8(20)12(14)24/h25-26H,1-2H3. The number of halogens is 10. The summed E-state index contributed by atoms with van der Waals surface area (Å²) in [6.45, 7) is 2.03. The maximum atomic E-state index is 13.7. The van der Waals surface area contributed by atoms with Crippen molar-refractivity contribution in [2.45, 2.75) is 13.1 Å². The Kier molecular flexibility index (Phi) is 5.36. The molecule has 13 heteroatoms. The average Bonchev–Trinajstić information content (AvgIpc) is 2.62. The van der Waals surface area contributed by atoms with E-state index < -0.39 is 77.9 Å². The summed E-state index contributed by atoms with van der Waals surface area (Å²) in [5.74, 6) is -23.0. The van der Waals surface area contributed by atoms with Crippen LogP contribution in [0, 0.1) is 58.2 Å². The molecule has 2 aromatic carbocycles. The molecule has 0 aliphatic carbocycles. The van der Waals surface area contributed by atoms with Crippen molar-refractivity contribution in [1.29, 1.82) is 0 Å². The van der Waals surface area contributed by atoms with Crippen LogP contribution in [0.2, 0.25) is 13.1 Å². The fraction of sp³-hybridized carbons (Fsp3) is 0.143. The van der Waals surface area contributed by atoms with Crippen molar-refractivity contribution in [2.24, 2.45) is 0 Å². The summed E-state index contributed by atoms with van der Waals surface area (Å²) in [6.07, 6.45) is 0. The molecule has 0 aromatic heterocycles. The summed E-state index contributed by atoms with van der Waals surface area (Å²) >= 11 is 0. The summed E-state index contributed by atoms with van der Waals surface area (Å²) < 4.78 is 134. The molecule has 0 aliphatic rings. The molecule has 148 valence electrons. The minimum Gasteiger partial charge on any atom is -0.390 e. The lowest BCUT2D eigenvalue weighted by Gasteiger charge is -2.28. The fourth-order valence-corrected chi connectivity index (χ4v) is 3.84. The lowest BCUT2D eigenvalue weighted by Crippen LogP contribution is -2.47. The first-order valence-electron chi connectivity index (χ1n) is 6.89. The van der Waals surface area contributed by atoms with Crippen molar-refractivity contribution in [3.8, 4) is 0 Å². The highest BCUT2D eigenvalue weighted by Crippen LogP contribution is 2.31. The van der Waals surface area contributed by atoms with E-state index in [0.29, 0.717) is 0 Å². The Bertz CT molecular complexity index is 800. The molecule has 2 N–H and O–H groups in total. The van der Waals surface area contributed by atoms with Crippen LogP contribution in [0.3, 0.4) is 0 Å². The van der Waals surface area contributed by atoms with Gasteiger partial charge in [-0.15, -0.1) is 0 Å². The van der Waals surface area contributed by atoms with Crippen LogP contribution in [-0.2, 0) is 0 Å². The molecule has 0 radical (unpaired) electrons. The first-order valence-corrected chi connectivity index (χ1v) is 9.89. The molecule has 0 spiro atoms. The van der Waals surface area contributed by atoms with Gasteiger partial charge in [0.25, 0.3) is 8.40 Å². The third-order valence-corrected chi connectivity index (χ3v) is 5.04. The van der Waals surface area contributed by atoms with Gasteiger partial charge in [0.15, 0.2) is 46.5 Å². The molecule has 0 saturated heterocycles. The normalized spacial score (nSPS) is 11.7. The Labute approximate surface area is 146 Å². The van der Waals surface area contributed by atoms with Crippen molar-refractivity contribution in [3.05, 3.63) is 58.2 Å². The zero-order chi connectivity index (χ0) is 20.8. The smallest absolute Gasteiger partial charge is 0.253 e. The molecular formula is C14H8F10N2Si. The van der Waals surface area contributed by atoms with Crippen LogP contribution in [0.4, 0.5) is 55.3 Å². The van der Waals surface area contributed by atoms with E-state index in [1.54, 1.807) is 0 Å². The third kappa shape index (κ3) is 3.55. The molecule has 0 aliphatic heterocycles. The fourth-order valence-electron chi connectivity index (χ4n) is 2.09. The summed E-state index contributed by atoms with van der Waals surface area (Å²) in [5.41, 5.74) is -3.03. The summed E-state index contributed by atoms with van der Waals surface area (Å²) in [7, 11) is -3.81. The molecule has 0 saturated carbocycles. The first kappa shape index (κ1) is 20.9. The molecule has 0 amide bonds. The second-order valence-corrected chi connectivity index (χ2v) is 9.51. The van der Waals surface area contributed by atoms with Gasteiger partial charge in [0.05, 0.1) is 0 Å². The van der Waals surface area contributed by atoms with Gasteiger partial charge in [-0.05, 0) is 13.1 Å². The second kappa shape index (κ2) is 6.94. The number of hydrogen-bond donors (Lipinski definition) is 2. The van der Waals surface area contributed by atoms with E-state index in [2.05, 4.69) is 0 Å². The number of nitrogens with one attached hydrogen (secondary N) is 2. The van der Waals surface area contributed by atoms with E-state index in [1.165, 1.54) is 0 Å². The van der Waals surface area contributed by atoms with Crippen molar-refractivity contribution < 1.29 is 43.9 Å². The van der Waals surface area contributed by atoms with E-state index in [4.69, 9.17) is 0 Å². The van der Waals surface area contributed by atoms with Gasteiger partial charge in [0, 0.05) is 0 Å². The SMILES string of the molecule is C[Si](C)(Nc1c(F)c(F)c(F)c(F)c1F)Nc1c(F)c(F)c(F)c(F)c1F. The van der Waals surface area contributed by atoms with Gasteiger partial charge in [-0.3, -0.25) is 0 Å². The highest BCUT2D eigenvalue weighted by molar-refractivity contribution is 6.83. The summed E-state index contributed by atoms with van der Waals surface area (Å²) in [4.78, 5) is 3.76. The zero-order valence-corrected chi connectivity index (χ0v) is 14.3. The molecule has 0 heterocycles. The second-order valence-electron chi connectivity index (χ2n) is 5.76. The van der Waals surface area contributed by atoms with Crippen molar-refractivity contribution >= 4 is 19.8 Å². The van der Waals surface area contributed by atoms with Crippen LogP contribution < -0.4 is 9.96 Å². The minimum atomic E-state index is -3.81. The summed E-state index contributed by atoms with van der Waals surface area (Å²) in [6, 6.07) is 0. The third-order valence-electron chi connectivity index (χ3n) is 3.29. The van der Waals surface area contributed by atoms with Gasteiger partial charge in [-0.2, -0.15) is 0 Å². The Balaban J connectivity index is 2.49. The zero-order valence-electron chi connectivity index (χ0n) is 13.3. The van der Waals surface area contributed by atoms with E-state index in [1.807, 2.05) is 9.96 Å². The van der Waals surface area contributed by atoms with Crippen LogP contribution in [-0.4, -0.2) is 8.40 Å². The average molecular weight is 422 g/mol. The van der Waals surface area contributed by atoms with Crippen molar-refractivity contribution in [3.63, 3.8) is 0 Å². The lowest BCUT2D eigenvalue weighted by atomic mass is 10.2. The van der Waals surface area contributed by atoms with Gasteiger partial charge in [0.2, 0.25) is 11.6 Å². The van der Waals surface area contributed by atoms with Gasteiger partial charge >= 0.3 is 0 Å². The predicted molar refractivity (Wildman–Crippen MR) is 77.2 cm³/mol. The monoisotopic (exact) mass is 422 g/mol. The van der Waals surface area contributed by atoms with E-state index in [0.717, 1.165) is 13.1 Å². The molecule has 2 aromatic rings. The van der Waals surface area contributed by atoms with Gasteiger partial charge < -0.3 is 9.96 Å². The Morgan fingerprint density at radius 2 is 0.593 bits per heavy atom. The Hall–Kier alpha value is -2.44. The van der Waals surface area contributed by atoms with Gasteiger partial charge in [0.1, 0.15) is 11.4 Å². The molecule has 2 rings (SSSR count). The minimum absolute atomic E-state index is 1.02. The lowest BCUT2D eigenvalue weighted by molar-refractivity contribution is 0.381. The van der Waals surface area contributed by atoms with Gasteiger partial charge in [-0.25, -0.2) is 43.9 Å². The molecule has 0 unspecified atom stereocenters. The molecule has 0 fully saturated rings. The number of benzene rings is 2. The van der Waals surface area contributed by atoms with E-state index >= 15 is 0 Å². The largest absolute Gasteiger partial charge is 0.390 e. The van der Waals surface area contributed by atoms with Crippen LogP contribution in [0.25, 0.3) is 0 Å². The number of hydrogen-bond acceptors (Lipinski definition) is 2. The predicted octanol–water partition coefficient (Wildman–Crippen LogP) is 5.30. The topological polar surface area (TPSA) is 24.1 Å². The van der Waals surface area contributed by atoms with E-state index in [9.17, 15) is 43.9 Å². The summed E-state index contributed by atoms with van der Waals surface area (Å²) in [5, 5.41) is 0. The molecule has 2 nitrogen and oxygen atoms in total. The maximum Gasteiger partial charge on any atom is 0.253 e.